The van der Waals surface area contributed by atoms with Crippen molar-refractivity contribution in [3.63, 3.8) is 0 Å². The predicted octanol–water partition coefficient (Wildman–Crippen LogP) is 1.33. The lowest BCUT2D eigenvalue weighted by molar-refractivity contribution is -0.129. The molecule has 1 fully saturated rings. The number of rotatable bonds is 4. The molecule has 0 unspecified atom stereocenters. The first-order valence-electron chi connectivity index (χ1n) is 9.05. The highest BCUT2D eigenvalue weighted by Crippen LogP contribution is 2.09. The van der Waals surface area contributed by atoms with E-state index < -0.39 is 11.7 Å². The molecule has 1 aliphatic heterocycles. The molecule has 8 heteroatoms. The second-order valence-electron chi connectivity index (χ2n) is 6.46. The molecule has 1 N–H and O–H groups in total. The molecule has 0 bridgehead atoms. The van der Waals surface area contributed by atoms with Crippen molar-refractivity contribution < 1.29 is 18.8 Å². The Bertz CT molecular complexity index is 860. The number of benzene rings is 1. The van der Waals surface area contributed by atoms with Crippen molar-refractivity contribution in [2.75, 3.05) is 32.7 Å². The zero-order chi connectivity index (χ0) is 19.9. The summed E-state index contributed by atoms with van der Waals surface area (Å²) in [5, 5.41) is 2.52. The SMILES string of the molecule is O=C(NCC(=O)N1CCCN(C(=O)c2ccncc2)CC1)c1cccc(F)c1. The molecule has 1 aromatic heterocycles. The van der Waals surface area contributed by atoms with Crippen LogP contribution in [0.5, 0.6) is 0 Å². The van der Waals surface area contributed by atoms with Crippen LogP contribution in [0.3, 0.4) is 0 Å². The molecule has 2 heterocycles. The molecule has 0 saturated carbocycles. The third-order valence-electron chi connectivity index (χ3n) is 4.55. The zero-order valence-electron chi connectivity index (χ0n) is 15.3. The molecule has 2 aromatic rings. The van der Waals surface area contributed by atoms with E-state index in [1.54, 1.807) is 34.3 Å². The summed E-state index contributed by atoms with van der Waals surface area (Å²) in [6.45, 7) is 1.71. The number of hydrogen-bond acceptors (Lipinski definition) is 4. The number of aromatic nitrogens is 1. The van der Waals surface area contributed by atoms with Crippen molar-refractivity contribution in [2.24, 2.45) is 0 Å². The number of carbonyl (C=O) groups excluding carboxylic acids is 3. The van der Waals surface area contributed by atoms with Gasteiger partial charge in [-0.1, -0.05) is 6.07 Å². The first-order chi connectivity index (χ1) is 13.5. The second-order valence-corrected chi connectivity index (χ2v) is 6.46. The van der Waals surface area contributed by atoms with Gasteiger partial charge in [-0.25, -0.2) is 4.39 Å². The summed E-state index contributed by atoms with van der Waals surface area (Å²) < 4.78 is 13.2. The molecule has 0 spiro atoms. The van der Waals surface area contributed by atoms with Gasteiger partial charge in [0.1, 0.15) is 5.82 Å². The lowest BCUT2D eigenvalue weighted by Crippen LogP contribution is -2.42. The molecule has 146 valence electrons. The number of nitrogens with one attached hydrogen (secondary N) is 1. The van der Waals surface area contributed by atoms with Crippen LogP contribution in [0.1, 0.15) is 27.1 Å². The summed E-state index contributed by atoms with van der Waals surface area (Å²) in [6.07, 6.45) is 3.80. The predicted molar refractivity (Wildman–Crippen MR) is 100 cm³/mol. The van der Waals surface area contributed by atoms with Crippen molar-refractivity contribution in [1.29, 1.82) is 0 Å². The number of pyridine rings is 1. The van der Waals surface area contributed by atoms with Crippen LogP contribution in [-0.2, 0) is 4.79 Å². The summed E-state index contributed by atoms with van der Waals surface area (Å²) in [4.78, 5) is 44.3. The highest BCUT2D eigenvalue weighted by Gasteiger charge is 2.23. The van der Waals surface area contributed by atoms with Crippen molar-refractivity contribution in [3.05, 3.63) is 65.7 Å². The van der Waals surface area contributed by atoms with Gasteiger partial charge in [-0.3, -0.25) is 19.4 Å². The van der Waals surface area contributed by atoms with E-state index >= 15 is 0 Å². The molecule has 3 rings (SSSR count). The highest BCUT2D eigenvalue weighted by molar-refractivity contribution is 5.96. The van der Waals surface area contributed by atoms with Gasteiger partial charge >= 0.3 is 0 Å². The molecule has 1 aromatic carbocycles. The third-order valence-corrected chi connectivity index (χ3v) is 4.55. The Balaban J connectivity index is 1.51. The van der Waals surface area contributed by atoms with Crippen LogP contribution in [0.25, 0.3) is 0 Å². The van der Waals surface area contributed by atoms with Crippen molar-refractivity contribution >= 4 is 17.7 Å². The minimum Gasteiger partial charge on any atom is -0.343 e. The van der Waals surface area contributed by atoms with Gasteiger partial charge in [0.05, 0.1) is 6.54 Å². The number of hydrogen-bond donors (Lipinski definition) is 1. The monoisotopic (exact) mass is 384 g/mol. The normalized spacial score (nSPS) is 14.3. The molecular formula is C20H21FN4O3. The minimum atomic E-state index is -0.509. The fraction of sp³-hybridized carbons (Fsp3) is 0.300. The average molecular weight is 384 g/mol. The van der Waals surface area contributed by atoms with Crippen LogP contribution in [-0.4, -0.2) is 65.2 Å². The number of carbonyl (C=O) groups is 3. The zero-order valence-corrected chi connectivity index (χ0v) is 15.3. The molecule has 0 aliphatic carbocycles. The van der Waals surface area contributed by atoms with E-state index in [4.69, 9.17) is 0 Å². The van der Waals surface area contributed by atoms with Crippen LogP contribution in [0, 0.1) is 5.82 Å². The van der Waals surface area contributed by atoms with Gasteiger partial charge in [0, 0.05) is 49.7 Å². The van der Waals surface area contributed by atoms with E-state index in [9.17, 15) is 18.8 Å². The molecule has 7 nitrogen and oxygen atoms in total. The van der Waals surface area contributed by atoms with Gasteiger partial charge in [0.25, 0.3) is 11.8 Å². The van der Waals surface area contributed by atoms with E-state index in [1.165, 1.54) is 18.2 Å². The fourth-order valence-corrected chi connectivity index (χ4v) is 3.05. The fourth-order valence-electron chi connectivity index (χ4n) is 3.05. The standard InChI is InChI=1S/C20H21FN4O3/c21-17-4-1-3-16(13-17)19(27)23-14-18(26)24-9-2-10-25(12-11-24)20(28)15-5-7-22-8-6-15/h1,3-8,13H,2,9-12,14H2,(H,23,27). The van der Waals surface area contributed by atoms with Crippen LogP contribution in [0.2, 0.25) is 0 Å². The quantitative estimate of drug-likeness (QED) is 0.862. The summed E-state index contributed by atoms with van der Waals surface area (Å²) in [6, 6.07) is 8.62. The molecule has 3 amide bonds. The van der Waals surface area contributed by atoms with E-state index in [0.29, 0.717) is 38.2 Å². The van der Waals surface area contributed by atoms with Crippen LogP contribution in [0.4, 0.5) is 4.39 Å². The first-order valence-corrected chi connectivity index (χ1v) is 9.05. The van der Waals surface area contributed by atoms with Gasteiger partial charge in [-0.2, -0.15) is 0 Å². The number of amides is 3. The third kappa shape index (κ3) is 4.91. The summed E-state index contributed by atoms with van der Waals surface area (Å²) in [7, 11) is 0. The topological polar surface area (TPSA) is 82.6 Å². The first kappa shape index (κ1) is 19.5. The molecule has 0 atom stereocenters. The maximum atomic E-state index is 13.2. The summed E-state index contributed by atoms with van der Waals surface area (Å²) in [5.74, 6) is -1.33. The summed E-state index contributed by atoms with van der Waals surface area (Å²) >= 11 is 0. The Morgan fingerprint density at radius 2 is 1.68 bits per heavy atom. The second kappa shape index (κ2) is 9.07. The molecule has 28 heavy (non-hydrogen) atoms. The van der Waals surface area contributed by atoms with E-state index in [2.05, 4.69) is 10.3 Å². The van der Waals surface area contributed by atoms with E-state index in [-0.39, 0.29) is 23.9 Å². The number of halogens is 1. The maximum absolute atomic E-state index is 13.2. The minimum absolute atomic E-state index is 0.0869. The summed E-state index contributed by atoms with van der Waals surface area (Å²) in [5.41, 5.74) is 0.731. The Kier molecular flexibility index (Phi) is 6.31. The molecular weight excluding hydrogens is 363 g/mol. The van der Waals surface area contributed by atoms with E-state index in [1.807, 2.05) is 0 Å². The Hall–Kier alpha value is -3.29. The lowest BCUT2D eigenvalue weighted by Gasteiger charge is -2.22. The number of nitrogens with zero attached hydrogens (tertiary/aromatic N) is 3. The average Bonchev–Trinajstić information content (AvgIpc) is 2.98. The van der Waals surface area contributed by atoms with Gasteiger partial charge < -0.3 is 15.1 Å². The van der Waals surface area contributed by atoms with Crippen LogP contribution >= 0.6 is 0 Å². The van der Waals surface area contributed by atoms with Gasteiger partial charge in [-0.15, -0.1) is 0 Å². The van der Waals surface area contributed by atoms with Crippen molar-refractivity contribution in [1.82, 2.24) is 20.1 Å². The molecule has 0 radical (unpaired) electrons. The smallest absolute Gasteiger partial charge is 0.254 e. The van der Waals surface area contributed by atoms with Gasteiger partial charge in [0.2, 0.25) is 5.91 Å². The lowest BCUT2D eigenvalue weighted by atomic mass is 10.2. The maximum Gasteiger partial charge on any atom is 0.254 e. The highest BCUT2D eigenvalue weighted by atomic mass is 19.1. The Morgan fingerprint density at radius 3 is 2.43 bits per heavy atom. The molecule has 1 saturated heterocycles. The van der Waals surface area contributed by atoms with Crippen molar-refractivity contribution in [2.45, 2.75) is 6.42 Å². The van der Waals surface area contributed by atoms with Crippen LogP contribution in [0.15, 0.2) is 48.8 Å². The Labute approximate surface area is 162 Å². The largest absolute Gasteiger partial charge is 0.343 e. The van der Waals surface area contributed by atoms with E-state index in [0.717, 1.165) is 6.07 Å². The molecule has 1 aliphatic rings. The van der Waals surface area contributed by atoms with Gasteiger partial charge in [0.15, 0.2) is 0 Å². The van der Waals surface area contributed by atoms with Crippen molar-refractivity contribution in [3.8, 4) is 0 Å². The van der Waals surface area contributed by atoms with Crippen LogP contribution < -0.4 is 5.32 Å². The van der Waals surface area contributed by atoms with Gasteiger partial charge in [-0.05, 0) is 36.8 Å². The Morgan fingerprint density at radius 1 is 0.964 bits per heavy atom.